The summed E-state index contributed by atoms with van der Waals surface area (Å²) in [6.07, 6.45) is 1.53. The Balaban J connectivity index is 2.59. The maximum Gasteiger partial charge on any atom is 0.159 e. The SMILES string of the molecule is CCN/C(C)=C(F)/C=N\C(CC)OCc1cccc(OC)c1. The molecule has 0 bridgehead atoms. The van der Waals surface area contributed by atoms with Crippen LogP contribution in [0.3, 0.4) is 0 Å². The summed E-state index contributed by atoms with van der Waals surface area (Å²) in [5.74, 6) is 0.415. The van der Waals surface area contributed by atoms with E-state index < -0.39 is 0 Å². The molecule has 0 fully saturated rings. The molecule has 1 N–H and O–H groups in total. The molecule has 0 aromatic heterocycles. The molecule has 4 nitrogen and oxygen atoms in total. The summed E-state index contributed by atoms with van der Waals surface area (Å²) in [6, 6.07) is 7.65. The van der Waals surface area contributed by atoms with Crippen LogP contribution in [0.15, 0.2) is 40.8 Å². The smallest absolute Gasteiger partial charge is 0.159 e. The number of methoxy groups -OCH3 is 1. The zero-order valence-electron chi connectivity index (χ0n) is 13.7. The van der Waals surface area contributed by atoms with Crippen LogP contribution in [-0.2, 0) is 11.3 Å². The zero-order valence-corrected chi connectivity index (χ0v) is 13.7. The van der Waals surface area contributed by atoms with Crippen LogP contribution < -0.4 is 10.1 Å². The fourth-order valence-electron chi connectivity index (χ4n) is 1.82. The molecule has 122 valence electrons. The van der Waals surface area contributed by atoms with Gasteiger partial charge in [0, 0.05) is 12.2 Å². The van der Waals surface area contributed by atoms with Gasteiger partial charge < -0.3 is 14.8 Å². The Morgan fingerprint density at radius 1 is 1.41 bits per heavy atom. The van der Waals surface area contributed by atoms with E-state index in [1.54, 1.807) is 14.0 Å². The normalized spacial score (nSPS) is 13.9. The van der Waals surface area contributed by atoms with E-state index in [4.69, 9.17) is 9.47 Å². The van der Waals surface area contributed by atoms with E-state index >= 15 is 0 Å². The van der Waals surface area contributed by atoms with E-state index in [0.29, 0.717) is 25.3 Å². The number of benzene rings is 1. The second-order valence-corrected chi connectivity index (χ2v) is 4.81. The highest BCUT2D eigenvalue weighted by Gasteiger charge is 2.05. The van der Waals surface area contributed by atoms with Crippen molar-refractivity contribution in [1.82, 2.24) is 5.32 Å². The molecule has 22 heavy (non-hydrogen) atoms. The average Bonchev–Trinajstić information content (AvgIpc) is 2.55. The molecule has 0 spiro atoms. The molecule has 1 unspecified atom stereocenters. The molecular formula is C17H25FN2O2. The predicted octanol–water partition coefficient (Wildman–Crippen LogP) is 3.83. The Kier molecular flexibility index (Phi) is 8.22. The highest BCUT2D eigenvalue weighted by Crippen LogP contribution is 2.14. The van der Waals surface area contributed by atoms with Gasteiger partial charge in [0.25, 0.3) is 0 Å². The van der Waals surface area contributed by atoms with E-state index in [-0.39, 0.29) is 12.1 Å². The zero-order chi connectivity index (χ0) is 16.4. The molecule has 0 saturated carbocycles. The summed E-state index contributed by atoms with van der Waals surface area (Å²) >= 11 is 0. The first-order valence-corrected chi connectivity index (χ1v) is 7.48. The van der Waals surface area contributed by atoms with E-state index in [2.05, 4.69) is 10.3 Å². The number of halogens is 1. The van der Waals surface area contributed by atoms with Crippen LogP contribution in [0.4, 0.5) is 4.39 Å². The van der Waals surface area contributed by atoms with Crippen molar-refractivity contribution >= 4 is 6.21 Å². The van der Waals surface area contributed by atoms with Crippen molar-refractivity contribution < 1.29 is 13.9 Å². The highest BCUT2D eigenvalue weighted by molar-refractivity contribution is 5.76. The van der Waals surface area contributed by atoms with Gasteiger partial charge in [-0.15, -0.1) is 0 Å². The summed E-state index contributed by atoms with van der Waals surface area (Å²) < 4.78 is 24.6. The first kappa shape index (κ1) is 18.2. The number of allylic oxidation sites excluding steroid dienone is 2. The fraction of sp³-hybridized carbons (Fsp3) is 0.471. The summed E-state index contributed by atoms with van der Waals surface area (Å²) in [6.45, 7) is 6.64. The Morgan fingerprint density at radius 2 is 2.18 bits per heavy atom. The van der Waals surface area contributed by atoms with Crippen molar-refractivity contribution in [3.05, 3.63) is 41.4 Å². The van der Waals surface area contributed by atoms with Crippen LogP contribution in [0.1, 0.15) is 32.8 Å². The Bertz CT molecular complexity index is 515. The highest BCUT2D eigenvalue weighted by atomic mass is 19.1. The second-order valence-electron chi connectivity index (χ2n) is 4.81. The minimum Gasteiger partial charge on any atom is -0.497 e. The van der Waals surface area contributed by atoms with Gasteiger partial charge in [0.15, 0.2) is 5.83 Å². The molecule has 0 radical (unpaired) electrons. The van der Waals surface area contributed by atoms with Gasteiger partial charge in [-0.1, -0.05) is 19.1 Å². The predicted molar refractivity (Wildman–Crippen MR) is 87.8 cm³/mol. The molecule has 1 rings (SSSR count). The lowest BCUT2D eigenvalue weighted by Gasteiger charge is -2.12. The molecule has 1 atom stereocenters. The largest absolute Gasteiger partial charge is 0.497 e. The van der Waals surface area contributed by atoms with Crippen molar-refractivity contribution in [2.75, 3.05) is 13.7 Å². The number of nitrogens with zero attached hydrogens (tertiary/aromatic N) is 1. The number of ether oxygens (including phenoxy) is 2. The molecule has 1 aromatic carbocycles. The van der Waals surface area contributed by atoms with Gasteiger partial charge in [-0.05, 0) is 38.0 Å². The fourth-order valence-corrected chi connectivity index (χ4v) is 1.82. The van der Waals surface area contributed by atoms with Gasteiger partial charge in [0.05, 0.1) is 19.9 Å². The third-order valence-electron chi connectivity index (χ3n) is 3.08. The Labute approximate surface area is 132 Å². The molecule has 5 heteroatoms. The van der Waals surface area contributed by atoms with Crippen molar-refractivity contribution in [1.29, 1.82) is 0 Å². The van der Waals surface area contributed by atoms with Crippen LogP contribution in [0.5, 0.6) is 5.75 Å². The van der Waals surface area contributed by atoms with Crippen molar-refractivity contribution in [2.24, 2.45) is 4.99 Å². The van der Waals surface area contributed by atoms with Gasteiger partial charge in [-0.3, -0.25) is 4.99 Å². The van der Waals surface area contributed by atoms with E-state index in [1.165, 1.54) is 6.21 Å². The van der Waals surface area contributed by atoms with Crippen molar-refractivity contribution in [3.8, 4) is 5.75 Å². The Morgan fingerprint density at radius 3 is 2.82 bits per heavy atom. The van der Waals surface area contributed by atoms with Gasteiger partial charge >= 0.3 is 0 Å². The monoisotopic (exact) mass is 308 g/mol. The molecule has 0 heterocycles. The standard InChI is InChI=1S/C17H25FN2O2/c1-5-17(20-11-16(18)13(3)19-6-2)22-12-14-8-7-9-15(10-14)21-4/h7-11,17,19H,5-6,12H2,1-4H3/b16-13-,20-11-. The molecule has 0 amide bonds. The lowest BCUT2D eigenvalue weighted by atomic mass is 10.2. The van der Waals surface area contributed by atoms with Crippen LogP contribution >= 0.6 is 0 Å². The number of hydrogen-bond donors (Lipinski definition) is 1. The number of aliphatic imine (C=N–C) groups is 1. The number of rotatable bonds is 9. The summed E-state index contributed by atoms with van der Waals surface area (Å²) in [4.78, 5) is 4.15. The van der Waals surface area contributed by atoms with Crippen LogP contribution in [0.25, 0.3) is 0 Å². The van der Waals surface area contributed by atoms with Crippen LogP contribution in [0.2, 0.25) is 0 Å². The molecule has 0 aliphatic rings. The minimum absolute atomic E-state index is 0.369. The molecule has 0 aliphatic carbocycles. The number of hydrogen-bond acceptors (Lipinski definition) is 4. The second kappa shape index (κ2) is 9.95. The van der Waals surface area contributed by atoms with Crippen LogP contribution in [0, 0.1) is 0 Å². The maximum absolute atomic E-state index is 13.7. The molecular weight excluding hydrogens is 283 g/mol. The van der Waals surface area contributed by atoms with Crippen LogP contribution in [-0.4, -0.2) is 26.1 Å². The van der Waals surface area contributed by atoms with Gasteiger partial charge in [-0.2, -0.15) is 0 Å². The first-order valence-electron chi connectivity index (χ1n) is 7.48. The maximum atomic E-state index is 13.7. The average molecular weight is 308 g/mol. The van der Waals surface area contributed by atoms with E-state index in [1.807, 2.05) is 38.1 Å². The third kappa shape index (κ3) is 6.26. The molecule has 0 aliphatic heterocycles. The molecule has 1 aromatic rings. The lowest BCUT2D eigenvalue weighted by molar-refractivity contribution is 0.0446. The van der Waals surface area contributed by atoms with Gasteiger partial charge in [0.2, 0.25) is 0 Å². The summed E-state index contributed by atoms with van der Waals surface area (Å²) in [7, 11) is 1.63. The topological polar surface area (TPSA) is 42.9 Å². The quantitative estimate of drug-likeness (QED) is 0.705. The minimum atomic E-state index is -0.370. The summed E-state index contributed by atoms with van der Waals surface area (Å²) in [5.41, 5.74) is 1.47. The van der Waals surface area contributed by atoms with E-state index in [9.17, 15) is 4.39 Å². The van der Waals surface area contributed by atoms with E-state index in [0.717, 1.165) is 11.3 Å². The Hall–Kier alpha value is -1.88. The molecule has 0 saturated heterocycles. The van der Waals surface area contributed by atoms with Crippen molar-refractivity contribution in [2.45, 2.75) is 40.0 Å². The van der Waals surface area contributed by atoms with Crippen molar-refractivity contribution in [3.63, 3.8) is 0 Å². The first-order chi connectivity index (χ1) is 10.6. The third-order valence-corrected chi connectivity index (χ3v) is 3.08. The van der Waals surface area contributed by atoms with Gasteiger partial charge in [-0.25, -0.2) is 4.39 Å². The summed E-state index contributed by atoms with van der Waals surface area (Å²) in [5, 5.41) is 2.92. The number of nitrogens with one attached hydrogen (secondary N) is 1. The van der Waals surface area contributed by atoms with Gasteiger partial charge in [0.1, 0.15) is 12.0 Å². The lowest BCUT2D eigenvalue weighted by Crippen LogP contribution is -2.12.